The molecule has 1 rings (SSSR count). The molecular weight excluding hydrogens is 280 g/mol. The minimum atomic E-state index is -0.985. The van der Waals surface area contributed by atoms with Crippen LogP contribution in [-0.4, -0.2) is 46.5 Å². The quantitative estimate of drug-likeness (QED) is 0.572. The predicted molar refractivity (Wildman–Crippen MR) is 73.1 cm³/mol. The average Bonchev–Trinajstić information content (AvgIpc) is 2.45. The van der Waals surface area contributed by atoms with E-state index in [1.54, 1.807) is 6.92 Å². The number of carbonyl (C=O) groups excluding carboxylic acids is 1. The molecule has 0 atom stereocenters. The number of non-ortho nitro benzene ring substituents is 1. The molecule has 0 spiro atoms. The Morgan fingerprint density at radius 1 is 1.43 bits per heavy atom. The van der Waals surface area contributed by atoms with Crippen LogP contribution >= 0.6 is 0 Å². The van der Waals surface area contributed by atoms with Gasteiger partial charge in [-0.1, -0.05) is 6.07 Å². The van der Waals surface area contributed by atoms with Gasteiger partial charge in [-0.3, -0.25) is 19.7 Å². The molecule has 0 radical (unpaired) electrons. The Morgan fingerprint density at radius 3 is 2.71 bits per heavy atom. The summed E-state index contributed by atoms with van der Waals surface area (Å²) in [5, 5.41) is 19.2. The highest BCUT2D eigenvalue weighted by Gasteiger charge is 2.14. The van der Waals surface area contributed by atoms with Crippen LogP contribution in [0.2, 0.25) is 0 Å². The summed E-state index contributed by atoms with van der Waals surface area (Å²) in [5.41, 5.74) is -0.127. The van der Waals surface area contributed by atoms with Crippen molar-refractivity contribution in [2.24, 2.45) is 0 Å². The van der Waals surface area contributed by atoms with Crippen molar-refractivity contribution >= 4 is 17.6 Å². The van der Waals surface area contributed by atoms with Gasteiger partial charge in [0.25, 0.3) is 11.6 Å². The molecule has 8 nitrogen and oxygen atoms in total. The summed E-state index contributed by atoms with van der Waals surface area (Å²) in [5.74, 6) is -1.14. The first kappa shape index (κ1) is 16.4. The second kappa shape index (κ2) is 7.83. The largest absolute Gasteiger partial charge is 0.484 e. The number of hydrogen-bond donors (Lipinski definition) is 1. The standard InChI is InChI=1S/C13H16N2O6/c1-2-14(7-6-13(17)18)12(16)9-21-11-5-3-4-10(8-11)15(19)20/h3-5,8H,2,6-7,9H2,1H3,(H,17,18). The van der Waals surface area contributed by atoms with Gasteiger partial charge in [-0.15, -0.1) is 0 Å². The second-order valence-corrected chi connectivity index (χ2v) is 4.16. The molecule has 0 saturated carbocycles. The lowest BCUT2D eigenvalue weighted by molar-refractivity contribution is -0.384. The highest BCUT2D eigenvalue weighted by Crippen LogP contribution is 2.19. The number of hydrogen-bond acceptors (Lipinski definition) is 5. The number of nitrogens with zero attached hydrogens (tertiary/aromatic N) is 2. The van der Waals surface area contributed by atoms with Gasteiger partial charge >= 0.3 is 5.97 Å². The third-order valence-corrected chi connectivity index (χ3v) is 2.72. The summed E-state index contributed by atoms with van der Waals surface area (Å²) >= 11 is 0. The summed E-state index contributed by atoms with van der Waals surface area (Å²) in [6, 6.07) is 5.51. The van der Waals surface area contributed by atoms with Crippen molar-refractivity contribution in [3.05, 3.63) is 34.4 Å². The summed E-state index contributed by atoms with van der Waals surface area (Å²) in [6.45, 7) is 1.90. The first-order valence-corrected chi connectivity index (χ1v) is 6.31. The number of nitro benzene ring substituents is 1. The van der Waals surface area contributed by atoms with E-state index in [0.29, 0.717) is 6.54 Å². The van der Waals surface area contributed by atoms with Gasteiger partial charge in [0.05, 0.1) is 17.4 Å². The van der Waals surface area contributed by atoms with Gasteiger partial charge in [0.2, 0.25) is 0 Å². The highest BCUT2D eigenvalue weighted by molar-refractivity contribution is 5.78. The number of benzene rings is 1. The van der Waals surface area contributed by atoms with Gasteiger partial charge < -0.3 is 14.7 Å². The van der Waals surface area contributed by atoms with E-state index in [-0.39, 0.29) is 36.9 Å². The van der Waals surface area contributed by atoms with Crippen molar-refractivity contribution in [2.75, 3.05) is 19.7 Å². The van der Waals surface area contributed by atoms with Gasteiger partial charge in [-0.05, 0) is 13.0 Å². The number of ether oxygens (including phenoxy) is 1. The first-order valence-electron chi connectivity index (χ1n) is 6.31. The van der Waals surface area contributed by atoms with Crippen molar-refractivity contribution in [2.45, 2.75) is 13.3 Å². The van der Waals surface area contributed by atoms with E-state index < -0.39 is 10.9 Å². The summed E-state index contributed by atoms with van der Waals surface area (Å²) in [6.07, 6.45) is -0.142. The van der Waals surface area contributed by atoms with Crippen LogP contribution in [-0.2, 0) is 9.59 Å². The van der Waals surface area contributed by atoms with E-state index in [9.17, 15) is 19.7 Å². The van der Waals surface area contributed by atoms with Crippen molar-refractivity contribution in [1.29, 1.82) is 0 Å². The van der Waals surface area contributed by atoms with E-state index in [1.807, 2.05) is 0 Å². The van der Waals surface area contributed by atoms with Crippen LogP contribution in [0.25, 0.3) is 0 Å². The fraction of sp³-hybridized carbons (Fsp3) is 0.385. The molecule has 0 unspecified atom stereocenters. The number of carbonyl (C=O) groups is 2. The second-order valence-electron chi connectivity index (χ2n) is 4.16. The monoisotopic (exact) mass is 296 g/mol. The van der Waals surface area contributed by atoms with Crippen molar-refractivity contribution in [1.82, 2.24) is 4.90 Å². The molecule has 0 aliphatic carbocycles. The van der Waals surface area contributed by atoms with E-state index in [0.717, 1.165) is 0 Å². The number of likely N-dealkylation sites (N-methyl/N-ethyl adjacent to an activating group) is 1. The SMILES string of the molecule is CCN(CCC(=O)O)C(=O)COc1cccc([N+](=O)[O-])c1. The lowest BCUT2D eigenvalue weighted by Crippen LogP contribution is -2.36. The van der Waals surface area contributed by atoms with Crippen molar-refractivity contribution < 1.29 is 24.4 Å². The number of aliphatic carboxylic acids is 1. The highest BCUT2D eigenvalue weighted by atomic mass is 16.6. The third-order valence-electron chi connectivity index (χ3n) is 2.72. The third kappa shape index (κ3) is 5.47. The molecule has 1 aromatic rings. The predicted octanol–water partition coefficient (Wildman–Crippen LogP) is 1.30. The molecule has 0 saturated heterocycles. The Balaban J connectivity index is 2.56. The Hall–Kier alpha value is -2.64. The van der Waals surface area contributed by atoms with Crippen LogP contribution in [0.1, 0.15) is 13.3 Å². The topological polar surface area (TPSA) is 110 Å². The van der Waals surface area contributed by atoms with Crippen LogP contribution in [0.4, 0.5) is 5.69 Å². The lowest BCUT2D eigenvalue weighted by Gasteiger charge is -2.19. The van der Waals surface area contributed by atoms with E-state index >= 15 is 0 Å². The number of rotatable bonds is 8. The molecule has 0 aliphatic rings. The maximum Gasteiger partial charge on any atom is 0.305 e. The molecular formula is C13H16N2O6. The Labute approximate surface area is 121 Å². The first-order chi connectivity index (χ1) is 9.93. The van der Waals surface area contributed by atoms with Crippen LogP contribution in [0.15, 0.2) is 24.3 Å². The molecule has 8 heteroatoms. The lowest BCUT2D eigenvalue weighted by atomic mass is 10.3. The Bertz CT molecular complexity index is 531. The normalized spacial score (nSPS) is 9.95. The molecule has 21 heavy (non-hydrogen) atoms. The molecule has 1 amide bonds. The minimum Gasteiger partial charge on any atom is -0.484 e. The zero-order chi connectivity index (χ0) is 15.8. The zero-order valence-corrected chi connectivity index (χ0v) is 11.5. The smallest absolute Gasteiger partial charge is 0.305 e. The van der Waals surface area contributed by atoms with Gasteiger partial charge in [0.15, 0.2) is 6.61 Å². The van der Waals surface area contributed by atoms with Gasteiger partial charge in [0.1, 0.15) is 5.75 Å². The molecule has 1 aromatic carbocycles. The number of nitro groups is 1. The Kier molecular flexibility index (Phi) is 6.12. The molecule has 0 aliphatic heterocycles. The summed E-state index contributed by atoms with van der Waals surface area (Å²) in [7, 11) is 0. The van der Waals surface area contributed by atoms with Crippen LogP contribution < -0.4 is 4.74 Å². The van der Waals surface area contributed by atoms with Crippen molar-refractivity contribution in [3.8, 4) is 5.75 Å². The number of carboxylic acid groups (broad SMARTS) is 1. The maximum atomic E-state index is 11.9. The summed E-state index contributed by atoms with van der Waals surface area (Å²) < 4.78 is 5.21. The van der Waals surface area contributed by atoms with Gasteiger partial charge in [-0.25, -0.2) is 0 Å². The number of carboxylic acids is 1. The molecule has 0 aromatic heterocycles. The molecule has 0 bridgehead atoms. The fourth-order valence-electron chi connectivity index (χ4n) is 1.61. The van der Waals surface area contributed by atoms with E-state index in [2.05, 4.69) is 0 Å². The van der Waals surface area contributed by atoms with Crippen LogP contribution in [0, 0.1) is 10.1 Å². The Morgan fingerprint density at radius 2 is 2.14 bits per heavy atom. The van der Waals surface area contributed by atoms with Crippen LogP contribution in [0.3, 0.4) is 0 Å². The van der Waals surface area contributed by atoms with Crippen molar-refractivity contribution in [3.63, 3.8) is 0 Å². The minimum absolute atomic E-state index is 0.100. The fourth-order valence-corrected chi connectivity index (χ4v) is 1.61. The van der Waals surface area contributed by atoms with Gasteiger partial charge in [0, 0.05) is 19.2 Å². The molecule has 1 N–H and O–H groups in total. The van der Waals surface area contributed by atoms with Gasteiger partial charge in [-0.2, -0.15) is 0 Å². The zero-order valence-electron chi connectivity index (χ0n) is 11.5. The molecule has 114 valence electrons. The maximum absolute atomic E-state index is 11.9. The number of amides is 1. The average molecular weight is 296 g/mol. The molecule has 0 heterocycles. The summed E-state index contributed by atoms with van der Waals surface area (Å²) in [4.78, 5) is 33.8. The molecule has 0 fully saturated rings. The van der Waals surface area contributed by atoms with Crippen LogP contribution in [0.5, 0.6) is 5.75 Å². The van der Waals surface area contributed by atoms with E-state index in [1.165, 1.54) is 29.2 Å². The van der Waals surface area contributed by atoms with E-state index in [4.69, 9.17) is 9.84 Å².